The van der Waals surface area contributed by atoms with Crippen LogP contribution < -0.4 is 10.1 Å². The van der Waals surface area contributed by atoms with Crippen LogP contribution in [0.5, 0.6) is 5.75 Å². The molecule has 0 spiro atoms. The molecule has 1 unspecified atom stereocenters. The average Bonchev–Trinajstić information content (AvgIpc) is 3.46. The normalized spacial score (nSPS) is 14.6. The van der Waals surface area contributed by atoms with Crippen molar-refractivity contribution >= 4 is 27.6 Å². The fourth-order valence-electron chi connectivity index (χ4n) is 3.87. The number of carbonyl (C=O) groups is 3. The fourth-order valence-corrected chi connectivity index (χ4v) is 5.33. The third kappa shape index (κ3) is 6.02. The van der Waals surface area contributed by atoms with Crippen molar-refractivity contribution in [1.29, 1.82) is 0 Å². The van der Waals surface area contributed by atoms with Crippen LogP contribution in [0.1, 0.15) is 16.1 Å². The molecule has 0 bridgehead atoms. The zero-order valence-corrected chi connectivity index (χ0v) is 21.3. The molecule has 1 fully saturated rings. The Kier molecular flexibility index (Phi) is 8.10. The number of hydrogen-bond donors (Lipinski definition) is 1. The number of halogens is 1. The van der Waals surface area contributed by atoms with Crippen LogP contribution in [-0.4, -0.2) is 74.1 Å². The number of piperazine rings is 1. The highest BCUT2D eigenvalue weighted by molar-refractivity contribution is 7.92. The predicted octanol–water partition coefficient (Wildman–Crippen LogP) is 2.01. The lowest BCUT2D eigenvalue weighted by atomic mass is 10.2. The Morgan fingerprint density at radius 1 is 0.974 bits per heavy atom. The summed E-state index contributed by atoms with van der Waals surface area (Å²) in [6.45, 7) is 1.67. The van der Waals surface area contributed by atoms with E-state index in [9.17, 15) is 27.2 Å². The molecule has 0 aliphatic carbocycles. The van der Waals surface area contributed by atoms with Crippen LogP contribution in [0.25, 0.3) is 0 Å². The fraction of sp³-hybridized carbons (Fsp3) is 0.269. The van der Waals surface area contributed by atoms with Crippen LogP contribution >= 0.6 is 0 Å². The highest BCUT2D eigenvalue weighted by atomic mass is 32.2. The molecule has 1 N–H and O–H groups in total. The van der Waals surface area contributed by atoms with Gasteiger partial charge in [-0.3, -0.25) is 14.4 Å². The van der Waals surface area contributed by atoms with E-state index in [1.807, 2.05) is 0 Å². The smallest absolute Gasteiger partial charge is 0.288 e. The Balaban J connectivity index is 1.45. The molecule has 3 amide bonds. The SMILES string of the molecule is Cc1ccc(S(=O)(=O)C(NC(=O)c2ccco2)C(=O)N2CCN(C(=O)COc3ccccc3F)CC2)cc1. The Bertz CT molecular complexity index is 1400. The van der Waals surface area contributed by atoms with Gasteiger partial charge < -0.3 is 24.3 Å². The molecule has 38 heavy (non-hydrogen) atoms. The van der Waals surface area contributed by atoms with E-state index in [0.717, 1.165) is 5.56 Å². The van der Waals surface area contributed by atoms with E-state index in [0.29, 0.717) is 0 Å². The molecule has 2 aromatic carbocycles. The van der Waals surface area contributed by atoms with E-state index in [1.54, 1.807) is 25.1 Å². The Morgan fingerprint density at radius 2 is 1.63 bits per heavy atom. The van der Waals surface area contributed by atoms with Gasteiger partial charge in [0.25, 0.3) is 17.7 Å². The van der Waals surface area contributed by atoms with Crippen LogP contribution in [-0.2, 0) is 19.4 Å². The van der Waals surface area contributed by atoms with Crippen LogP contribution in [0.2, 0.25) is 0 Å². The number of para-hydroxylation sites is 1. The van der Waals surface area contributed by atoms with Gasteiger partial charge in [-0.25, -0.2) is 12.8 Å². The number of nitrogens with one attached hydrogen (secondary N) is 1. The third-order valence-electron chi connectivity index (χ3n) is 6.02. The number of sulfone groups is 1. The molecule has 2 heterocycles. The molecule has 1 aliphatic heterocycles. The molecule has 3 aromatic rings. The van der Waals surface area contributed by atoms with Gasteiger partial charge in [-0.15, -0.1) is 0 Å². The number of rotatable bonds is 8. The number of amides is 3. The standard InChI is InChI=1S/C26H26FN3O7S/c1-18-8-10-19(11-9-18)38(34,35)25(28-24(32)22-7-4-16-36-22)26(33)30-14-12-29(13-15-30)23(31)17-37-21-6-3-2-5-20(21)27/h2-11,16,25H,12-15,17H2,1H3,(H,28,32). The van der Waals surface area contributed by atoms with Gasteiger partial charge in [-0.1, -0.05) is 29.8 Å². The van der Waals surface area contributed by atoms with Crippen molar-refractivity contribution in [1.82, 2.24) is 15.1 Å². The topological polar surface area (TPSA) is 126 Å². The second-order valence-electron chi connectivity index (χ2n) is 8.61. The number of carbonyl (C=O) groups excluding carboxylic acids is 3. The number of ether oxygens (including phenoxy) is 1. The maximum absolute atomic E-state index is 13.7. The first-order chi connectivity index (χ1) is 18.2. The molecular weight excluding hydrogens is 517 g/mol. The van der Waals surface area contributed by atoms with E-state index in [-0.39, 0.29) is 42.6 Å². The van der Waals surface area contributed by atoms with E-state index in [1.165, 1.54) is 58.5 Å². The Hall–Kier alpha value is -4.19. The van der Waals surface area contributed by atoms with Crippen LogP contribution in [0, 0.1) is 12.7 Å². The maximum atomic E-state index is 13.7. The molecular formula is C26H26FN3O7S. The van der Waals surface area contributed by atoms with Gasteiger partial charge in [0.15, 0.2) is 23.9 Å². The summed E-state index contributed by atoms with van der Waals surface area (Å²) in [6, 6.07) is 14.5. The van der Waals surface area contributed by atoms with Crippen LogP contribution in [0.4, 0.5) is 4.39 Å². The lowest BCUT2D eigenvalue weighted by molar-refractivity contribution is -0.140. The lowest BCUT2D eigenvalue weighted by Gasteiger charge is -2.36. The molecule has 1 aliphatic rings. The Morgan fingerprint density at radius 3 is 2.26 bits per heavy atom. The molecule has 12 heteroatoms. The van der Waals surface area contributed by atoms with Crippen molar-refractivity contribution in [3.63, 3.8) is 0 Å². The van der Waals surface area contributed by atoms with Gasteiger partial charge in [0.2, 0.25) is 15.2 Å². The number of nitrogens with zero attached hydrogens (tertiary/aromatic N) is 2. The van der Waals surface area contributed by atoms with Gasteiger partial charge >= 0.3 is 0 Å². The minimum absolute atomic E-state index is 0.0286. The first-order valence-corrected chi connectivity index (χ1v) is 13.3. The van der Waals surface area contributed by atoms with Gasteiger partial charge in [-0.05, 0) is 43.3 Å². The van der Waals surface area contributed by atoms with E-state index in [2.05, 4.69) is 5.32 Å². The highest BCUT2D eigenvalue weighted by Crippen LogP contribution is 2.20. The zero-order valence-electron chi connectivity index (χ0n) is 20.5. The number of hydrogen-bond acceptors (Lipinski definition) is 7. The lowest BCUT2D eigenvalue weighted by Crippen LogP contribution is -2.58. The first kappa shape index (κ1) is 26.9. The summed E-state index contributed by atoms with van der Waals surface area (Å²) in [5.74, 6) is -2.88. The van der Waals surface area contributed by atoms with Crippen molar-refractivity contribution in [3.8, 4) is 5.75 Å². The predicted molar refractivity (Wildman–Crippen MR) is 133 cm³/mol. The van der Waals surface area contributed by atoms with Gasteiger partial charge in [0.1, 0.15) is 0 Å². The molecule has 10 nitrogen and oxygen atoms in total. The van der Waals surface area contributed by atoms with Crippen molar-refractivity contribution < 1.29 is 36.3 Å². The zero-order chi connectivity index (χ0) is 27.3. The average molecular weight is 544 g/mol. The molecule has 1 saturated heterocycles. The Labute approximate surface area is 218 Å². The second-order valence-corrected chi connectivity index (χ2v) is 10.6. The molecule has 0 radical (unpaired) electrons. The minimum atomic E-state index is -4.33. The number of benzene rings is 2. The summed E-state index contributed by atoms with van der Waals surface area (Å²) in [5.41, 5.74) is 0.825. The van der Waals surface area contributed by atoms with Crippen molar-refractivity contribution in [3.05, 3.63) is 84.1 Å². The minimum Gasteiger partial charge on any atom is -0.481 e. The summed E-state index contributed by atoms with van der Waals surface area (Å²) < 4.78 is 50.9. The quantitative estimate of drug-likeness (QED) is 0.461. The monoisotopic (exact) mass is 543 g/mol. The molecule has 1 aromatic heterocycles. The maximum Gasteiger partial charge on any atom is 0.288 e. The molecule has 0 saturated carbocycles. The summed E-state index contributed by atoms with van der Waals surface area (Å²) in [4.78, 5) is 41.2. The van der Waals surface area contributed by atoms with Crippen molar-refractivity contribution in [2.75, 3.05) is 32.8 Å². The van der Waals surface area contributed by atoms with E-state index < -0.39 is 45.4 Å². The summed E-state index contributed by atoms with van der Waals surface area (Å²) in [5, 5.41) is 0.392. The van der Waals surface area contributed by atoms with Crippen molar-refractivity contribution in [2.45, 2.75) is 17.2 Å². The van der Waals surface area contributed by atoms with Crippen molar-refractivity contribution in [2.24, 2.45) is 0 Å². The van der Waals surface area contributed by atoms with Gasteiger partial charge in [0.05, 0.1) is 11.2 Å². The molecule has 4 rings (SSSR count). The number of furan rings is 1. The summed E-state index contributed by atoms with van der Waals surface area (Å²) in [6.07, 6.45) is 1.26. The van der Waals surface area contributed by atoms with Gasteiger partial charge in [0, 0.05) is 26.2 Å². The van der Waals surface area contributed by atoms with Crippen LogP contribution in [0.3, 0.4) is 0 Å². The van der Waals surface area contributed by atoms with E-state index >= 15 is 0 Å². The molecule has 200 valence electrons. The largest absolute Gasteiger partial charge is 0.481 e. The highest BCUT2D eigenvalue weighted by Gasteiger charge is 2.40. The van der Waals surface area contributed by atoms with Crippen LogP contribution in [0.15, 0.2) is 76.2 Å². The third-order valence-corrected chi connectivity index (χ3v) is 7.89. The number of aryl methyl sites for hydroxylation is 1. The summed E-state index contributed by atoms with van der Waals surface area (Å²) >= 11 is 0. The van der Waals surface area contributed by atoms with E-state index in [4.69, 9.17) is 9.15 Å². The first-order valence-electron chi connectivity index (χ1n) is 11.8. The van der Waals surface area contributed by atoms with Gasteiger partial charge in [-0.2, -0.15) is 0 Å². The molecule has 1 atom stereocenters. The summed E-state index contributed by atoms with van der Waals surface area (Å²) in [7, 11) is -4.33. The second kappa shape index (κ2) is 11.5.